The van der Waals surface area contributed by atoms with E-state index in [1.165, 1.54) is 11.6 Å². The van der Waals surface area contributed by atoms with Gasteiger partial charge in [-0.2, -0.15) is 0 Å². The first kappa shape index (κ1) is 22.6. The summed E-state index contributed by atoms with van der Waals surface area (Å²) in [7, 11) is 0. The molecule has 34 heavy (non-hydrogen) atoms. The molecule has 0 saturated carbocycles. The highest BCUT2D eigenvalue weighted by molar-refractivity contribution is 7.22. The lowest BCUT2D eigenvalue weighted by Crippen LogP contribution is -2.42. The van der Waals surface area contributed by atoms with E-state index in [2.05, 4.69) is 32.3 Å². The van der Waals surface area contributed by atoms with Gasteiger partial charge in [0.1, 0.15) is 5.75 Å². The summed E-state index contributed by atoms with van der Waals surface area (Å²) in [5.74, 6) is 0.273. The lowest BCUT2D eigenvalue weighted by atomic mass is 10.2. The first-order chi connectivity index (χ1) is 16.5. The van der Waals surface area contributed by atoms with Gasteiger partial charge in [0.25, 0.3) is 0 Å². The Bertz CT molecular complexity index is 1330. The number of pyridine rings is 2. The van der Waals surface area contributed by atoms with Crippen LogP contribution in [0.3, 0.4) is 0 Å². The number of nitrogens with one attached hydrogen (secondary N) is 1. The van der Waals surface area contributed by atoms with Crippen LogP contribution in [-0.4, -0.2) is 46.8 Å². The molecule has 0 aliphatic carbocycles. The second kappa shape index (κ2) is 9.97. The zero-order chi connectivity index (χ0) is 23.5. The molecular weight excluding hydrogens is 449 g/mol. The van der Waals surface area contributed by atoms with Crippen molar-refractivity contribution in [1.82, 2.24) is 20.2 Å². The zero-order valence-electron chi connectivity index (χ0n) is 19.2. The maximum absolute atomic E-state index is 14.6. The van der Waals surface area contributed by atoms with Crippen LogP contribution < -0.4 is 10.1 Å². The highest BCUT2D eigenvalue weighted by Crippen LogP contribution is 2.39. The summed E-state index contributed by atoms with van der Waals surface area (Å²) < 4.78 is 21.4. The third kappa shape index (κ3) is 5.14. The van der Waals surface area contributed by atoms with E-state index in [4.69, 9.17) is 9.72 Å². The fourth-order valence-corrected chi connectivity index (χ4v) is 4.97. The van der Waals surface area contributed by atoms with E-state index >= 15 is 0 Å². The Morgan fingerprint density at radius 3 is 2.68 bits per heavy atom. The second-order valence-electron chi connectivity index (χ2n) is 8.49. The monoisotopic (exact) mass is 475 g/mol. The molecule has 4 heterocycles. The molecule has 1 aliphatic rings. The molecule has 8 heteroatoms. The van der Waals surface area contributed by atoms with Gasteiger partial charge in [0, 0.05) is 63.0 Å². The number of benzene rings is 1. The standard InChI is InChI=1S/C26H26FN5OS/c1-17(2)31-19-4-6-23(20(27)13-19)33-24-7-8-29-22-14-25(34-26(22)24)21-5-3-18(15-30-21)16-32-11-9-28-10-12-32/h3-8,13-15,28H,9-12,16H2,1-2H3. The minimum atomic E-state index is -0.453. The van der Waals surface area contributed by atoms with Crippen LogP contribution >= 0.6 is 11.3 Å². The van der Waals surface area contributed by atoms with E-state index in [0.29, 0.717) is 11.4 Å². The SMILES string of the molecule is CC(C)=Nc1ccc(Oc2ccnc3cc(-c4ccc(CN5CCNCC5)cn4)sc23)c(F)c1. The largest absolute Gasteiger partial charge is 0.453 e. The van der Waals surface area contributed by atoms with Crippen LogP contribution in [0.15, 0.2) is 59.9 Å². The van der Waals surface area contributed by atoms with Gasteiger partial charge in [-0.3, -0.25) is 19.9 Å². The van der Waals surface area contributed by atoms with Gasteiger partial charge >= 0.3 is 0 Å². The van der Waals surface area contributed by atoms with Crippen molar-refractivity contribution < 1.29 is 9.13 Å². The summed E-state index contributed by atoms with van der Waals surface area (Å²) in [6.45, 7) is 8.84. The highest BCUT2D eigenvalue weighted by atomic mass is 32.1. The highest BCUT2D eigenvalue weighted by Gasteiger charge is 2.14. The molecule has 0 unspecified atom stereocenters. The van der Waals surface area contributed by atoms with E-state index < -0.39 is 5.82 Å². The van der Waals surface area contributed by atoms with Crippen molar-refractivity contribution in [2.24, 2.45) is 4.99 Å². The minimum Gasteiger partial charge on any atom is -0.453 e. The molecule has 3 aromatic heterocycles. The summed E-state index contributed by atoms with van der Waals surface area (Å²) in [5.41, 5.74) is 4.32. The van der Waals surface area contributed by atoms with Gasteiger partial charge in [0.05, 0.1) is 26.5 Å². The number of nitrogens with zero attached hydrogens (tertiary/aromatic N) is 4. The average molecular weight is 476 g/mol. The lowest BCUT2D eigenvalue weighted by Gasteiger charge is -2.27. The van der Waals surface area contributed by atoms with Crippen LogP contribution in [0, 0.1) is 5.82 Å². The van der Waals surface area contributed by atoms with Crippen LogP contribution in [-0.2, 0) is 6.54 Å². The smallest absolute Gasteiger partial charge is 0.167 e. The Morgan fingerprint density at radius 2 is 1.94 bits per heavy atom. The number of thiophene rings is 1. The predicted octanol–water partition coefficient (Wildman–Crippen LogP) is 5.81. The number of piperazine rings is 1. The molecule has 6 nitrogen and oxygen atoms in total. The summed E-state index contributed by atoms with van der Waals surface area (Å²) in [6.07, 6.45) is 3.62. The topological polar surface area (TPSA) is 62.6 Å². The van der Waals surface area contributed by atoms with E-state index in [-0.39, 0.29) is 5.75 Å². The minimum absolute atomic E-state index is 0.158. The number of hydrogen-bond donors (Lipinski definition) is 1. The zero-order valence-corrected chi connectivity index (χ0v) is 20.0. The first-order valence-electron chi connectivity index (χ1n) is 11.3. The van der Waals surface area contributed by atoms with E-state index in [0.717, 1.165) is 59.2 Å². The third-order valence-electron chi connectivity index (χ3n) is 5.56. The van der Waals surface area contributed by atoms with Crippen LogP contribution in [0.5, 0.6) is 11.5 Å². The van der Waals surface area contributed by atoms with Crippen molar-refractivity contribution in [3.8, 4) is 22.1 Å². The van der Waals surface area contributed by atoms with Crippen LogP contribution in [0.25, 0.3) is 20.8 Å². The van der Waals surface area contributed by atoms with E-state index in [1.807, 2.05) is 26.1 Å². The molecule has 1 fully saturated rings. The Kier molecular flexibility index (Phi) is 6.62. The number of rotatable bonds is 6. The Morgan fingerprint density at radius 1 is 1.09 bits per heavy atom. The second-order valence-corrected chi connectivity index (χ2v) is 9.54. The molecular formula is C26H26FN5OS. The van der Waals surface area contributed by atoms with Gasteiger partial charge in [0.2, 0.25) is 0 Å². The molecule has 174 valence electrons. The molecule has 1 aromatic carbocycles. The summed E-state index contributed by atoms with van der Waals surface area (Å²) in [5, 5.41) is 3.38. The number of aliphatic imine (C=N–C) groups is 1. The lowest BCUT2D eigenvalue weighted by molar-refractivity contribution is 0.233. The van der Waals surface area contributed by atoms with Crippen molar-refractivity contribution in [3.63, 3.8) is 0 Å². The molecule has 0 bridgehead atoms. The molecule has 5 rings (SSSR count). The van der Waals surface area contributed by atoms with Gasteiger partial charge in [-0.1, -0.05) is 6.07 Å². The molecule has 4 aromatic rings. The predicted molar refractivity (Wildman–Crippen MR) is 136 cm³/mol. The number of aromatic nitrogens is 2. The van der Waals surface area contributed by atoms with Gasteiger partial charge in [0.15, 0.2) is 11.6 Å². The van der Waals surface area contributed by atoms with E-state index in [1.54, 1.807) is 35.7 Å². The van der Waals surface area contributed by atoms with Gasteiger partial charge < -0.3 is 10.1 Å². The van der Waals surface area contributed by atoms with Crippen molar-refractivity contribution in [2.75, 3.05) is 26.2 Å². The van der Waals surface area contributed by atoms with Crippen LogP contribution in [0.2, 0.25) is 0 Å². The maximum Gasteiger partial charge on any atom is 0.167 e. The summed E-state index contributed by atoms with van der Waals surface area (Å²) in [6, 6.07) is 12.7. The van der Waals surface area contributed by atoms with Crippen molar-refractivity contribution >= 4 is 33.0 Å². The van der Waals surface area contributed by atoms with Crippen molar-refractivity contribution in [2.45, 2.75) is 20.4 Å². The Labute approximate surface area is 202 Å². The van der Waals surface area contributed by atoms with E-state index in [9.17, 15) is 4.39 Å². The quantitative estimate of drug-likeness (QED) is 0.357. The third-order valence-corrected chi connectivity index (χ3v) is 6.72. The number of ether oxygens (including phenoxy) is 1. The fourth-order valence-electron chi connectivity index (χ4n) is 3.93. The number of hydrogen-bond acceptors (Lipinski definition) is 7. The fraction of sp³-hybridized carbons (Fsp3) is 0.269. The molecule has 1 saturated heterocycles. The van der Waals surface area contributed by atoms with Crippen molar-refractivity contribution in [3.05, 3.63) is 66.2 Å². The van der Waals surface area contributed by atoms with Crippen LogP contribution in [0.1, 0.15) is 19.4 Å². The Balaban J connectivity index is 1.37. The van der Waals surface area contributed by atoms with Crippen LogP contribution in [0.4, 0.5) is 10.1 Å². The number of fused-ring (bicyclic) bond motifs is 1. The summed E-state index contributed by atoms with van der Waals surface area (Å²) >= 11 is 1.54. The molecule has 1 N–H and O–H groups in total. The normalized spacial score (nSPS) is 14.3. The first-order valence-corrected chi connectivity index (χ1v) is 12.1. The summed E-state index contributed by atoms with van der Waals surface area (Å²) in [4.78, 5) is 16.9. The average Bonchev–Trinajstić information content (AvgIpc) is 3.27. The Hall–Kier alpha value is -3.20. The molecule has 0 radical (unpaired) electrons. The van der Waals surface area contributed by atoms with Crippen molar-refractivity contribution in [1.29, 1.82) is 0 Å². The molecule has 0 spiro atoms. The van der Waals surface area contributed by atoms with Gasteiger partial charge in [-0.05, 0) is 43.7 Å². The number of halogens is 1. The molecule has 1 aliphatic heterocycles. The molecule has 0 amide bonds. The maximum atomic E-state index is 14.6. The van der Waals surface area contributed by atoms with Gasteiger partial charge in [-0.25, -0.2) is 4.39 Å². The molecule has 0 atom stereocenters. The van der Waals surface area contributed by atoms with Gasteiger partial charge in [-0.15, -0.1) is 11.3 Å².